The number of rotatable bonds is 7. The van der Waals surface area contributed by atoms with Gasteiger partial charge in [-0.05, 0) is 45.1 Å². The van der Waals surface area contributed by atoms with Gasteiger partial charge in [-0.25, -0.2) is 0 Å². The standard InChI is InChI=1S/C13H24F3NO/c1-2-9-17-11(6-5-8-13(14,15)16)12-7-3-4-10-18-12/h11-12,17H,2-10H2,1H3. The number of halogens is 3. The lowest BCUT2D eigenvalue weighted by atomic mass is 9.97. The van der Waals surface area contributed by atoms with Crippen LogP contribution in [-0.4, -0.2) is 31.5 Å². The van der Waals surface area contributed by atoms with E-state index in [1.807, 2.05) is 0 Å². The summed E-state index contributed by atoms with van der Waals surface area (Å²) in [5.41, 5.74) is 0. The second kappa shape index (κ2) is 8.00. The van der Waals surface area contributed by atoms with E-state index in [9.17, 15) is 13.2 Å². The maximum absolute atomic E-state index is 12.1. The Balaban J connectivity index is 2.34. The van der Waals surface area contributed by atoms with E-state index in [1.54, 1.807) is 0 Å². The molecule has 0 aromatic heterocycles. The Morgan fingerprint density at radius 1 is 1.33 bits per heavy atom. The highest BCUT2D eigenvalue weighted by Crippen LogP contribution is 2.25. The number of hydrogen-bond donors (Lipinski definition) is 1. The van der Waals surface area contributed by atoms with Crippen LogP contribution in [0.5, 0.6) is 0 Å². The lowest BCUT2D eigenvalue weighted by Gasteiger charge is -2.31. The van der Waals surface area contributed by atoms with E-state index in [0.29, 0.717) is 6.42 Å². The van der Waals surface area contributed by atoms with E-state index in [2.05, 4.69) is 12.2 Å². The van der Waals surface area contributed by atoms with Crippen LogP contribution in [0, 0.1) is 0 Å². The summed E-state index contributed by atoms with van der Waals surface area (Å²) in [6.07, 6.45) is 0.240. The smallest absolute Gasteiger partial charge is 0.377 e. The van der Waals surface area contributed by atoms with Gasteiger partial charge in [-0.3, -0.25) is 0 Å². The van der Waals surface area contributed by atoms with Gasteiger partial charge in [-0.2, -0.15) is 13.2 Å². The minimum absolute atomic E-state index is 0.0765. The van der Waals surface area contributed by atoms with Crippen LogP contribution in [0.25, 0.3) is 0 Å². The molecule has 0 bridgehead atoms. The predicted octanol–water partition coefficient (Wildman–Crippen LogP) is 3.66. The molecular formula is C13H24F3NO. The lowest BCUT2D eigenvalue weighted by Crippen LogP contribution is -2.43. The van der Waals surface area contributed by atoms with Crippen molar-refractivity contribution >= 4 is 0 Å². The summed E-state index contributed by atoms with van der Waals surface area (Å²) in [4.78, 5) is 0. The summed E-state index contributed by atoms with van der Waals surface area (Å²) in [7, 11) is 0. The van der Waals surface area contributed by atoms with Crippen LogP contribution < -0.4 is 5.32 Å². The quantitative estimate of drug-likeness (QED) is 0.760. The summed E-state index contributed by atoms with van der Waals surface area (Å²) in [6, 6.07) is 0.0765. The Morgan fingerprint density at radius 3 is 2.67 bits per heavy atom. The van der Waals surface area contributed by atoms with Gasteiger partial charge in [0.25, 0.3) is 0 Å². The zero-order chi connectivity index (χ0) is 13.4. The second-order valence-electron chi connectivity index (χ2n) is 4.97. The maximum Gasteiger partial charge on any atom is 0.389 e. The Bertz CT molecular complexity index is 215. The third kappa shape index (κ3) is 6.59. The molecule has 0 amide bonds. The van der Waals surface area contributed by atoms with Gasteiger partial charge in [0, 0.05) is 19.1 Å². The minimum atomic E-state index is -4.04. The molecule has 0 radical (unpaired) electrons. The Hall–Kier alpha value is -0.290. The molecule has 18 heavy (non-hydrogen) atoms. The summed E-state index contributed by atoms with van der Waals surface area (Å²) >= 11 is 0. The van der Waals surface area contributed by atoms with Crippen molar-refractivity contribution < 1.29 is 17.9 Å². The fourth-order valence-electron chi connectivity index (χ4n) is 2.35. The Labute approximate surface area is 107 Å². The first-order valence-electron chi connectivity index (χ1n) is 6.94. The monoisotopic (exact) mass is 267 g/mol. The summed E-state index contributed by atoms with van der Waals surface area (Å²) < 4.78 is 42.1. The van der Waals surface area contributed by atoms with Crippen molar-refractivity contribution in [2.24, 2.45) is 0 Å². The molecule has 1 saturated heterocycles. The summed E-state index contributed by atoms with van der Waals surface area (Å²) in [5, 5.41) is 3.33. The lowest BCUT2D eigenvalue weighted by molar-refractivity contribution is -0.136. The van der Waals surface area contributed by atoms with Crippen LogP contribution >= 0.6 is 0 Å². The molecule has 1 fully saturated rings. The second-order valence-corrected chi connectivity index (χ2v) is 4.97. The van der Waals surface area contributed by atoms with Crippen LogP contribution in [0.3, 0.4) is 0 Å². The van der Waals surface area contributed by atoms with Crippen molar-refractivity contribution in [2.75, 3.05) is 13.2 Å². The van der Waals surface area contributed by atoms with Gasteiger partial charge in [0.1, 0.15) is 0 Å². The van der Waals surface area contributed by atoms with Crippen LogP contribution in [0.2, 0.25) is 0 Å². The van der Waals surface area contributed by atoms with Crippen molar-refractivity contribution in [3.8, 4) is 0 Å². The SMILES string of the molecule is CCCNC(CCCC(F)(F)F)C1CCCCO1. The highest BCUT2D eigenvalue weighted by molar-refractivity contribution is 4.79. The average Bonchev–Trinajstić information content (AvgIpc) is 2.33. The van der Waals surface area contributed by atoms with Gasteiger partial charge in [-0.1, -0.05) is 6.92 Å². The van der Waals surface area contributed by atoms with E-state index in [0.717, 1.165) is 38.8 Å². The average molecular weight is 267 g/mol. The first-order chi connectivity index (χ1) is 8.53. The predicted molar refractivity (Wildman–Crippen MR) is 65.6 cm³/mol. The van der Waals surface area contributed by atoms with Crippen LogP contribution in [0.15, 0.2) is 0 Å². The van der Waals surface area contributed by atoms with Gasteiger partial charge in [0.2, 0.25) is 0 Å². The van der Waals surface area contributed by atoms with Crippen molar-refractivity contribution in [2.45, 2.75) is 70.2 Å². The maximum atomic E-state index is 12.1. The number of ether oxygens (including phenoxy) is 1. The molecule has 108 valence electrons. The van der Waals surface area contributed by atoms with Crippen molar-refractivity contribution in [1.82, 2.24) is 5.32 Å². The first-order valence-corrected chi connectivity index (χ1v) is 6.94. The van der Waals surface area contributed by atoms with Gasteiger partial charge in [-0.15, -0.1) is 0 Å². The van der Waals surface area contributed by atoms with E-state index in [4.69, 9.17) is 4.74 Å². The van der Waals surface area contributed by atoms with Gasteiger partial charge < -0.3 is 10.1 Å². The molecular weight excluding hydrogens is 243 g/mol. The minimum Gasteiger partial charge on any atom is -0.377 e. The fraction of sp³-hybridized carbons (Fsp3) is 1.00. The molecule has 0 aromatic rings. The normalized spacial score (nSPS) is 23.0. The highest BCUT2D eigenvalue weighted by atomic mass is 19.4. The first kappa shape index (κ1) is 15.8. The van der Waals surface area contributed by atoms with Crippen molar-refractivity contribution in [1.29, 1.82) is 0 Å². The molecule has 5 heteroatoms. The van der Waals surface area contributed by atoms with E-state index in [-0.39, 0.29) is 18.6 Å². The Morgan fingerprint density at radius 2 is 2.11 bits per heavy atom. The van der Waals surface area contributed by atoms with Gasteiger partial charge in [0.15, 0.2) is 0 Å². The molecule has 2 atom stereocenters. The third-order valence-electron chi connectivity index (χ3n) is 3.30. The largest absolute Gasteiger partial charge is 0.389 e. The van der Waals surface area contributed by atoms with Gasteiger partial charge in [0.05, 0.1) is 6.10 Å². The number of nitrogens with one attached hydrogen (secondary N) is 1. The van der Waals surface area contributed by atoms with Crippen molar-refractivity contribution in [3.05, 3.63) is 0 Å². The molecule has 1 rings (SSSR count). The van der Waals surface area contributed by atoms with Crippen LogP contribution in [0.4, 0.5) is 13.2 Å². The molecule has 1 aliphatic heterocycles. The Kier molecular flexibility index (Phi) is 7.00. The molecule has 0 spiro atoms. The van der Waals surface area contributed by atoms with Crippen LogP contribution in [-0.2, 0) is 4.74 Å². The zero-order valence-electron chi connectivity index (χ0n) is 11.1. The van der Waals surface area contributed by atoms with Gasteiger partial charge >= 0.3 is 6.18 Å². The van der Waals surface area contributed by atoms with E-state index < -0.39 is 12.6 Å². The topological polar surface area (TPSA) is 21.3 Å². The molecule has 1 aliphatic rings. The van der Waals surface area contributed by atoms with Crippen LogP contribution in [0.1, 0.15) is 51.9 Å². The van der Waals surface area contributed by atoms with E-state index >= 15 is 0 Å². The molecule has 2 unspecified atom stereocenters. The number of alkyl halides is 3. The molecule has 1 N–H and O–H groups in total. The third-order valence-corrected chi connectivity index (χ3v) is 3.30. The van der Waals surface area contributed by atoms with E-state index in [1.165, 1.54) is 0 Å². The molecule has 0 aliphatic carbocycles. The summed E-state index contributed by atoms with van der Waals surface area (Å²) in [5.74, 6) is 0. The molecule has 0 saturated carbocycles. The molecule has 2 nitrogen and oxygen atoms in total. The fourth-order valence-corrected chi connectivity index (χ4v) is 2.35. The molecule has 0 aromatic carbocycles. The summed E-state index contributed by atoms with van der Waals surface area (Å²) in [6.45, 7) is 3.65. The molecule has 1 heterocycles. The number of hydrogen-bond acceptors (Lipinski definition) is 2. The zero-order valence-corrected chi connectivity index (χ0v) is 11.1. The highest BCUT2D eigenvalue weighted by Gasteiger charge is 2.29. The van der Waals surface area contributed by atoms with Crippen molar-refractivity contribution in [3.63, 3.8) is 0 Å².